The zero-order chi connectivity index (χ0) is 12.1. The summed E-state index contributed by atoms with van der Waals surface area (Å²) in [5, 5.41) is 9.31. The van der Waals surface area contributed by atoms with Gasteiger partial charge in [0.05, 0.1) is 0 Å². The first kappa shape index (κ1) is 12.7. The molecule has 3 heteroatoms. The van der Waals surface area contributed by atoms with Crippen molar-refractivity contribution < 1.29 is 9.90 Å². The molecule has 0 saturated heterocycles. The quantitative estimate of drug-likeness (QED) is 0.830. The van der Waals surface area contributed by atoms with Crippen LogP contribution in [-0.2, 0) is 4.79 Å². The van der Waals surface area contributed by atoms with Crippen LogP contribution in [0.25, 0.3) is 0 Å². The van der Waals surface area contributed by atoms with E-state index in [0.29, 0.717) is 0 Å². The molecule has 0 amide bonds. The molecule has 0 aliphatic carbocycles. The van der Waals surface area contributed by atoms with E-state index >= 15 is 0 Å². The Bertz CT molecular complexity index is 359. The van der Waals surface area contributed by atoms with Gasteiger partial charge in [-0.1, -0.05) is 43.7 Å². The van der Waals surface area contributed by atoms with Crippen molar-refractivity contribution in [2.75, 3.05) is 13.1 Å². The number of carbonyl (C=O) groups is 1. The minimum atomic E-state index is -0.783. The van der Waals surface area contributed by atoms with Gasteiger partial charge in [-0.25, -0.2) is 0 Å². The molecule has 0 aliphatic rings. The van der Waals surface area contributed by atoms with Crippen LogP contribution in [0.5, 0.6) is 0 Å². The fourth-order valence-corrected chi connectivity index (χ4v) is 1.94. The first-order valence-corrected chi connectivity index (χ1v) is 5.63. The standard InChI is InChI=1S/C13H19NO2/c1-4-14(5-2)12(13(15)16)11-8-6-7-10(3)9-11/h6-9,12H,4-5H2,1-3H3,(H,15,16). The second kappa shape index (κ2) is 5.66. The van der Waals surface area contributed by atoms with Crippen LogP contribution in [0.15, 0.2) is 24.3 Å². The van der Waals surface area contributed by atoms with Crippen LogP contribution in [0, 0.1) is 6.92 Å². The van der Waals surface area contributed by atoms with Gasteiger partial charge in [0.2, 0.25) is 0 Å². The number of aliphatic carboxylic acids is 1. The van der Waals surface area contributed by atoms with Gasteiger partial charge in [0, 0.05) is 0 Å². The molecule has 0 bridgehead atoms. The fraction of sp³-hybridized carbons (Fsp3) is 0.462. The molecular formula is C13H19NO2. The molecule has 0 aromatic heterocycles. The number of likely N-dealkylation sites (N-methyl/N-ethyl adjacent to an activating group) is 1. The lowest BCUT2D eigenvalue weighted by Gasteiger charge is -2.26. The van der Waals surface area contributed by atoms with E-state index in [4.69, 9.17) is 0 Å². The third kappa shape index (κ3) is 2.83. The number of benzene rings is 1. The van der Waals surface area contributed by atoms with Crippen molar-refractivity contribution in [3.05, 3.63) is 35.4 Å². The maximum atomic E-state index is 11.3. The van der Waals surface area contributed by atoms with E-state index < -0.39 is 12.0 Å². The van der Waals surface area contributed by atoms with Gasteiger partial charge in [-0.05, 0) is 25.6 Å². The predicted octanol–water partition coefficient (Wildman–Crippen LogP) is 2.46. The minimum Gasteiger partial charge on any atom is -0.480 e. The summed E-state index contributed by atoms with van der Waals surface area (Å²) in [6.07, 6.45) is 0. The van der Waals surface area contributed by atoms with Crippen molar-refractivity contribution in [3.8, 4) is 0 Å². The van der Waals surface area contributed by atoms with Crippen molar-refractivity contribution in [3.63, 3.8) is 0 Å². The molecule has 0 fully saturated rings. The van der Waals surface area contributed by atoms with Crippen LogP contribution in [0.1, 0.15) is 31.0 Å². The summed E-state index contributed by atoms with van der Waals surface area (Å²) in [7, 11) is 0. The molecule has 0 aliphatic heterocycles. The van der Waals surface area contributed by atoms with E-state index in [0.717, 1.165) is 24.2 Å². The summed E-state index contributed by atoms with van der Waals surface area (Å²) >= 11 is 0. The number of hydrogen-bond donors (Lipinski definition) is 1. The van der Waals surface area contributed by atoms with Gasteiger partial charge in [0.1, 0.15) is 6.04 Å². The van der Waals surface area contributed by atoms with E-state index in [1.54, 1.807) is 0 Å². The van der Waals surface area contributed by atoms with E-state index in [2.05, 4.69) is 0 Å². The van der Waals surface area contributed by atoms with Crippen molar-refractivity contribution in [1.82, 2.24) is 4.90 Å². The molecular weight excluding hydrogens is 202 g/mol. The topological polar surface area (TPSA) is 40.5 Å². The Morgan fingerprint density at radius 3 is 2.44 bits per heavy atom. The number of rotatable bonds is 5. The molecule has 1 aromatic carbocycles. The first-order valence-electron chi connectivity index (χ1n) is 5.63. The largest absolute Gasteiger partial charge is 0.480 e. The Hall–Kier alpha value is -1.35. The average molecular weight is 221 g/mol. The fourth-order valence-electron chi connectivity index (χ4n) is 1.94. The molecule has 0 radical (unpaired) electrons. The zero-order valence-corrected chi connectivity index (χ0v) is 10.1. The molecule has 1 unspecified atom stereocenters. The molecule has 1 rings (SSSR count). The van der Waals surface area contributed by atoms with Gasteiger partial charge in [0.25, 0.3) is 0 Å². The van der Waals surface area contributed by atoms with Crippen LogP contribution in [-0.4, -0.2) is 29.1 Å². The SMILES string of the molecule is CCN(CC)C(C(=O)O)c1cccc(C)c1. The Labute approximate surface area is 96.7 Å². The van der Waals surface area contributed by atoms with Gasteiger partial charge in [-0.3, -0.25) is 9.69 Å². The lowest BCUT2D eigenvalue weighted by atomic mass is 10.0. The molecule has 1 N–H and O–H groups in total. The molecule has 3 nitrogen and oxygen atoms in total. The third-order valence-corrected chi connectivity index (χ3v) is 2.77. The lowest BCUT2D eigenvalue weighted by Crippen LogP contribution is -2.33. The number of carboxylic acid groups (broad SMARTS) is 1. The van der Waals surface area contributed by atoms with Crippen molar-refractivity contribution in [2.45, 2.75) is 26.8 Å². The van der Waals surface area contributed by atoms with E-state index in [9.17, 15) is 9.90 Å². The normalized spacial score (nSPS) is 12.8. The predicted molar refractivity (Wildman–Crippen MR) is 64.5 cm³/mol. The lowest BCUT2D eigenvalue weighted by molar-refractivity contribution is -0.143. The van der Waals surface area contributed by atoms with E-state index in [-0.39, 0.29) is 0 Å². The summed E-state index contributed by atoms with van der Waals surface area (Å²) in [6.45, 7) is 7.41. The van der Waals surface area contributed by atoms with E-state index in [1.165, 1.54) is 0 Å². The number of nitrogens with zero attached hydrogens (tertiary/aromatic N) is 1. The highest BCUT2D eigenvalue weighted by Crippen LogP contribution is 2.21. The molecule has 1 atom stereocenters. The molecule has 88 valence electrons. The molecule has 1 aromatic rings. The second-order valence-electron chi connectivity index (χ2n) is 3.88. The smallest absolute Gasteiger partial charge is 0.325 e. The van der Waals surface area contributed by atoms with Crippen LogP contribution < -0.4 is 0 Å². The summed E-state index contributed by atoms with van der Waals surface area (Å²) in [5.41, 5.74) is 1.95. The zero-order valence-electron chi connectivity index (χ0n) is 10.1. The summed E-state index contributed by atoms with van der Waals surface area (Å²) in [4.78, 5) is 13.3. The minimum absolute atomic E-state index is 0.533. The number of carboxylic acids is 1. The average Bonchev–Trinajstić information content (AvgIpc) is 2.24. The Kier molecular flexibility index (Phi) is 4.50. The van der Waals surface area contributed by atoms with Crippen LogP contribution in [0.3, 0.4) is 0 Å². The van der Waals surface area contributed by atoms with Crippen molar-refractivity contribution in [2.24, 2.45) is 0 Å². The second-order valence-corrected chi connectivity index (χ2v) is 3.88. The highest BCUT2D eigenvalue weighted by Gasteiger charge is 2.24. The Morgan fingerprint density at radius 2 is 2.00 bits per heavy atom. The molecule has 0 spiro atoms. The summed E-state index contributed by atoms with van der Waals surface area (Å²) in [6, 6.07) is 7.17. The van der Waals surface area contributed by atoms with Crippen LogP contribution in [0.4, 0.5) is 0 Å². The highest BCUT2D eigenvalue weighted by atomic mass is 16.4. The summed E-state index contributed by atoms with van der Waals surface area (Å²) < 4.78 is 0. The van der Waals surface area contributed by atoms with Gasteiger partial charge < -0.3 is 5.11 Å². The number of hydrogen-bond acceptors (Lipinski definition) is 2. The number of aryl methyl sites for hydroxylation is 1. The van der Waals surface area contributed by atoms with Gasteiger partial charge in [0.15, 0.2) is 0 Å². The monoisotopic (exact) mass is 221 g/mol. The first-order chi connectivity index (χ1) is 7.60. The molecule has 0 heterocycles. The van der Waals surface area contributed by atoms with Crippen molar-refractivity contribution in [1.29, 1.82) is 0 Å². The summed E-state index contributed by atoms with van der Waals surface area (Å²) in [5.74, 6) is -0.783. The van der Waals surface area contributed by atoms with Gasteiger partial charge in [-0.2, -0.15) is 0 Å². The molecule has 16 heavy (non-hydrogen) atoms. The maximum Gasteiger partial charge on any atom is 0.325 e. The highest BCUT2D eigenvalue weighted by molar-refractivity contribution is 5.75. The van der Waals surface area contributed by atoms with E-state index in [1.807, 2.05) is 49.9 Å². The molecule has 0 saturated carbocycles. The van der Waals surface area contributed by atoms with Gasteiger partial charge in [-0.15, -0.1) is 0 Å². The van der Waals surface area contributed by atoms with Crippen LogP contribution >= 0.6 is 0 Å². The van der Waals surface area contributed by atoms with Crippen molar-refractivity contribution >= 4 is 5.97 Å². The maximum absolute atomic E-state index is 11.3. The Balaban J connectivity index is 3.06. The third-order valence-electron chi connectivity index (χ3n) is 2.77. The van der Waals surface area contributed by atoms with Gasteiger partial charge >= 0.3 is 5.97 Å². The van der Waals surface area contributed by atoms with Crippen LogP contribution in [0.2, 0.25) is 0 Å². The Morgan fingerprint density at radius 1 is 1.38 bits per heavy atom.